The molecule has 0 bridgehead atoms. The van der Waals surface area contributed by atoms with Crippen molar-refractivity contribution >= 4 is 29.0 Å². The van der Waals surface area contributed by atoms with E-state index in [9.17, 15) is 9.59 Å². The van der Waals surface area contributed by atoms with Crippen molar-refractivity contribution in [2.45, 2.75) is 20.4 Å². The number of anilines is 1. The van der Waals surface area contributed by atoms with Crippen LogP contribution in [0.1, 0.15) is 27.5 Å². The molecule has 1 atom stereocenters. The van der Waals surface area contributed by atoms with Crippen molar-refractivity contribution in [3.63, 3.8) is 0 Å². The predicted molar refractivity (Wildman–Crippen MR) is 113 cm³/mol. The van der Waals surface area contributed by atoms with E-state index >= 15 is 0 Å². The van der Waals surface area contributed by atoms with E-state index < -0.39 is 0 Å². The Hall–Kier alpha value is -2.83. The van der Waals surface area contributed by atoms with Gasteiger partial charge in [0, 0.05) is 27.7 Å². The van der Waals surface area contributed by atoms with Gasteiger partial charge in [0.25, 0.3) is 5.91 Å². The number of Topliss-reactive ketones (excluding diaryl/α,β-unsaturated/α-hetero) is 1. The average molecular weight is 415 g/mol. The van der Waals surface area contributed by atoms with Crippen molar-refractivity contribution in [3.05, 3.63) is 76.5 Å². The zero-order chi connectivity index (χ0) is 21.0. The van der Waals surface area contributed by atoms with Crippen LogP contribution in [0.4, 0.5) is 5.69 Å². The van der Waals surface area contributed by atoms with E-state index in [0.717, 1.165) is 22.0 Å². The molecule has 1 amide bonds. The number of nitrogens with zero attached hydrogens (tertiary/aromatic N) is 1. The summed E-state index contributed by atoms with van der Waals surface area (Å²) in [6.07, 6.45) is 1.64. The number of halogens is 1. The number of likely N-dealkylation sites (N-methyl/N-ethyl adjacent to an activating group) is 1. The Kier molecular flexibility index (Phi) is 6.56. The fraction of sp³-hybridized carbons (Fsp3) is 0.273. The van der Waals surface area contributed by atoms with Crippen LogP contribution < -0.4 is 10.2 Å². The van der Waals surface area contributed by atoms with Crippen molar-refractivity contribution in [2.24, 2.45) is 0 Å². The van der Waals surface area contributed by atoms with E-state index in [1.807, 2.05) is 39.1 Å². The number of carbonyl (C=O) groups is 2. The second kappa shape index (κ2) is 9.11. The molecule has 1 aromatic carbocycles. The fourth-order valence-corrected chi connectivity index (χ4v) is 3.46. The number of quaternary nitrogens is 1. The molecule has 0 spiro atoms. The molecule has 2 aromatic heterocycles. The number of rotatable bonds is 8. The number of nitrogens with one attached hydrogen (secondary N) is 2. The van der Waals surface area contributed by atoms with Gasteiger partial charge in [-0.25, -0.2) is 0 Å². The van der Waals surface area contributed by atoms with Crippen LogP contribution in [0.15, 0.2) is 53.1 Å². The molecule has 1 unspecified atom stereocenters. The van der Waals surface area contributed by atoms with Gasteiger partial charge in [-0.2, -0.15) is 0 Å². The van der Waals surface area contributed by atoms with Crippen molar-refractivity contribution in [3.8, 4) is 0 Å². The summed E-state index contributed by atoms with van der Waals surface area (Å²) in [7, 11) is 1.83. The van der Waals surface area contributed by atoms with Crippen LogP contribution >= 0.6 is 11.6 Å². The number of benzene rings is 1. The largest absolute Gasteiger partial charge is 0.467 e. The molecule has 0 radical (unpaired) electrons. The number of furan rings is 1. The highest BCUT2D eigenvalue weighted by molar-refractivity contribution is 6.30. The van der Waals surface area contributed by atoms with Gasteiger partial charge in [0.2, 0.25) is 5.78 Å². The van der Waals surface area contributed by atoms with Crippen LogP contribution in [0.25, 0.3) is 0 Å². The van der Waals surface area contributed by atoms with Crippen LogP contribution in [0.2, 0.25) is 5.02 Å². The summed E-state index contributed by atoms with van der Waals surface area (Å²) in [6.45, 7) is 4.93. The minimum Gasteiger partial charge on any atom is -0.467 e. The lowest BCUT2D eigenvalue weighted by molar-refractivity contribution is -0.861. The van der Waals surface area contributed by atoms with E-state index in [4.69, 9.17) is 16.0 Å². The number of hydrogen-bond acceptors (Lipinski definition) is 3. The first-order valence-electron chi connectivity index (χ1n) is 9.42. The van der Waals surface area contributed by atoms with Gasteiger partial charge in [0.05, 0.1) is 19.9 Å². The standard InChI is InChI=1S/C22H24ClN3O3/c1-15-11-20(16(2)26(15)12-19-5-4-10-29-19)21(27)13-25(3)14-22(28)24-18-8-6-17(23)7-9-18/h4-11H,12-14H2,1-3H3,(H,24,28)/p+1. The summed E-state index contributed by atoms with van der Waals surface area (Å²) in [5.41, 5.74) is 3.27. The average Bonchev–Trinajstić information content (AvgIpc) is 3.27. The van der Waals surface area contributed by atoms with Gasteiger partial charge >= 0.3 is 0 Å². The molecule has 152 valence electrons. The molecule has 0 saturated heterocycles. The van der Waals surface area contributed by atoms with Crippen LogP contribution in [0.5, 0.6) is 0 Å². The van der Waals surface area contributed by atoms with E-state index in [1.54, 1.807) is 30.5 Å². The van der Waals surface area contributed by atoms with Gasteiger partial charge < -0.3 is 19.2 Å². The van der Waals surface area contributed by atoms with Gasteiger partial charge in [-0.3, -0.25) is 9.59 Å². The maximum Gasteiger partial charge on any atom is 0.279 e. The Balaban J connectivity index is 1.59. The SMILES string of the molecule is Cc1cc(C(=O)C[NH+](C)CC(=O)Nc2ccc(Cl)cc2)c(C)n1Cc1ccco1. The second-order valence-corrected chi connectivity index (χ2v) is 7.68. The number of carbonyl (C=O) groups excluding carboxylic acids is 2. The maximum atomic E-state index is 12.8. The summed E-state index contributed by atoms with van der Waals surface area (Å²) in [4.78, 5) is 25.9. The lowest BCUT2D eigenvalue weighted by Gasteiger charge is -2.13. The Morgan fingerprint density at radius 3 is 2.52 bits per heavy atom. The van der Waals surface area contributed by atoms with Crippen molar-refractivity contribution < 1.29 is 18.9 Å². The van der Waals surface area contributed by atoms with Gasteiger partial charge in [-0.15, -0.1) is 0 Å². The summed E-state index contributed by atoms with van der Waals surface area (Å²) in [6, 6.07) is 12.6. The summed E-state index contributed by atoms with van der Waals surface area (Å²) in [5.74, 6) is 0.703. The molecule has 0 aliphatic heterocycles. The lowest BCUT2D eigenvalue weighted by Crippen LogP contribution is -3.11. The van der Waals surface area contributed by atoms with E-state index in [2.05, 4.69) is 9.88 Å². The van der Waals surface area contributed by atoms with Crippen LogP contribution in [-0.4, -0.2) is 36.4 Å². The smallest absolute Gasteiger partial charge is 0.279 e. The minimum atomic E-state index is -0.152. The van der Waals surface area contributed by atoms with Gasteiger partial charge in [0.15, 0.2) is 6.54 Å². The fourth-order valence-electron chi connectivity index (χ4n) is 3.33. The quantitative estimate of drug-likeness (QED) is 0.557. The number of aromatic nitrogens is 1. The number of aryl methyl sites for hydroxylation is 1. The predicted octanol–water partition coefficient (Wildman–Crippen LogP) is 2.74. The monoisotopic (exact) mass is 414 g/mol. The van der Waals surface area contributed by atoms with Crippen LogP contribution in [0.3, 0.4) is 0 Å². The first-order valence-corrected chi connectivity index (χ1v) is 9.80. The molecule has 3 rings (SSSR count). The molecule has 7 heteroatoms. The zero-order valence-electron chi connectivity index (χ0n) is 16.8. The first-order chi connectivity index (χ1) is 13.8. The number of amides is 1. The van der Waals surface area contributed by atoms with Gasteiger partial charge in [0.1, 0.15) is 12.3 Å². The third-order valence-corrected chi connectivity index (χ3v) is 5.07. The van der Waals surface area contributed by atoms with Gasteiger partial charge in [-0.05, 0) is 56.3 Å². The van der Waals surface area contributed by atoms with E-state index in [1.165, 1.54) is 0 Å². The van der Waals surface area contributed by atoms with Crippen molar-refractivity contribution in [1.82, 2.24) is 4.57 Å². The molecule has 2 heterocycles. The molecule has 0 aliphatic carbocycles. The highest BCUT2D eigenvalue weighted by Crippen LogP contribution is 2.18. The van der Waals surface area contributed by atoms with Crippen molar-refractivity contribution in [1.29, 1.82) is 0 Å². The molecule has 29 heavy (non-hydrogen) atoms. The molecule has 2 N–H and O–H groups in total. The summed E-state index contributed by atoms with van der Waals surface area (Å²) < 4.78 is 7.48. The van der Waals surface area contributed by atoms with E-state index in [-0.39, 0.29) is 24.8 Å². The second-order valence-electron chi connectivity index (χ2n) is 7.24. The highest BCUT2D eigenvalue weighted by Gasteiger charge is 2.21. The minimum absolute atomic E-state index is 0.0144. The molecule has 0 saturated carbocycles. The van der Waals surface area contributed by atoms with E-state index in [0.29, 0.717) is 22.8 Å². The normalized spacial score (nSPS) is 12.0. The topological polar surface area (TPSA) is 68.7 Å². The third-order valence-electron chi connectivity index (χ3n) is 4.82. The van der Waals surface area contributed by atoms with Crippen LogP contribution in [0, 0.1) is 13.8 Å². The number of ketones is 1. The summed E-state index contributed by atoms with van der Waals surface area (Å²) >= 11 is 5.85. The molecule has 0 fully saturated rings. The molecular formula is C22H25ClN3O3+. The third kappa shape index (κ3) is 5.37. The molecule has 0 aliphatic rings. The highest BCUT2D eigenvalue weighted by atomic mass is 35.5. The molecular weight excluding hydrogens is 390 g/mol. The Bertz CT molecular complexity index is 991. The molecule has 6 nitrogen and oxygen atoms in total. The Labute approximate surface area is 175 Å². The maximum absolute atomic E-state index is 12.8. The number of hydrogen-bond donors (Lipinski definition) is 2. The van der Waals surface area contributed by atoms with Gasteiger partial charge in [-0.1, -0.05) is 11.6 Å². The van der Waals surface area contributed by atoms with Crippen LogP contribution in [-0.2, 0) is 11.3 Å². The molecule has 3 aromatic rings. The lowest BCUT2D eigenvalue weighted by atomic mass is 10.1. The Morgan fingerprint density at radius 1 is 1.14 bits per heavy atom. The zero-order valence-corrected chi connectivity index (χ0v) is 17.5. The van der Waals surface area contributed by atoms with Crippen molar-refractivity contribution in [2.75, 3.05) is 25.5 Å². The summed E-state index contributed by atoms with van der Waals surface area (Å²) in [5, 5.41) is 3.43. The first kappa shape index (κ1) is 20.9. The Morgan fingerprint density at radius 2 is 1.86 bits per heavy atom.